The Morgan fingerprint density at radius 1 is 1.31 bits per heavy atom. The average molecular weight is 196 g/mol. The van der Waals surface area contributed by atoms with Gasteiger partial charge in [-0.3, -0.25) is 0 Å². The molecule has 13 heavy (non-hydrogen) atoms. The molecule has 1 rings (SSSR count). The van der Waals surface area contributed by atoms with Crippen LogP contribution in [0.2, 0.25) is 0 Å². The summed E-state index contributed by atoms with van der Waals surface area (Å²) >= 11 is 1.82. The van der Waals surface area contributed by atoms with Crippen LogP contribution in [0.1, 0.15) is 25.0 Å². The first kappa shape index (κ1) is 10.5. The summed E-state index contributed by atoms with van der Waals surface area (Å²) in [4.78, 5) is 1.26. The van der Waals surface area contributed by atoms with Crippen LogP contribution in [0.15, 0.2) is 17.0 Å². The Morgan fingerprint density at radius 3 is 2.54 bits per heavy atom. The quantitative estimate of drug-likeness (QED) is 0.748. The van der Waals surface area contributed by atoms with Crippen LogP contribution in [0, 0.1) is 6.92 Å². The third-order valence-electron chi connectivity index (χ3n) is 2.04. The fourth-order valence-electron chi connectivity index (χ4n) is 1.34. The van der Waals surface area contributed by atoms with Gasteiger partial charge in [0.2, 0.25) is 0 Å². The van der Waals surface area contributed by atoms with Crippen molar-refractivity contribution < 1.29 is 5.11 Å². The number of phenols is 1. The van der Waals surface area contributed by atoms with Gasteiger partial charge < -0.3 is 5.11 Å². The van der Waals surface area contributed by atoms with Crippen LogP contribution in [0.25, 0.3) is 0 Å². The Bertz CT molecular complexity index is 294. The number of aryl methyl sites for hydroxylation is 2. The Morgan fingerprint density at radius 2 is 2.00 bits per heavy atom. The van der Waals surface area contributed by atoms with Crippen LogP contribution >= 0.6 is 11.8 Å². The van der Waals surface area contributed by atoms with Gasteiger partial charge in [0.1, 0.15) is 5.75 Å². The Hall–Kier alpha value is -0.630. The standard InChI is InChI=1S/C11H16OS/c1-4-9-7-10(13-5-2)6-8(3)11(9)12/h6-7,12H,4-5H2,1-3H3. The van der Waals surface area contributed by atoms with Gasteiger partial charge in [0.05, 0.1) is 0 Å². The molecule has 72 valence electrons. The van der Waals surface area contributed by atoms with Crippen molar-refractivity contribution >= 4 is 11.8 Å². The molecule has 0 aromatic heterocycles. The van der Waals surface area contributed by atoms with Crippen molar-refractivity contribution in [3.63, 3.8) is 0 Å². The lowest BCUT2D eigenvalue weighted by Gasteiger charge is -2.08. The molecule has 0 unspecified atom stereocenters. The van der Waals surface area contributed by atoms with Gasteiger partial charge in [0.25, 0.3) is 0 Å². The molecule has 0 radical (unpaired) electrons. The zero-order valence-electron chi connectivity index (χ0n) is 8.42. The molecule has 0 heterocycles. The highest BCUT2D eigenvalue weighted by Crippen LogP contribution is 2.29. The molecular weight excluding hydrogens is 180 g/mol. The number of aromatic hydroxyl groups is 1. The highest BCUT2D eigenvalue weighted by atomic mass is 32.2. The van der Waals surface area contributed by atoms with Gasteiger partial charge in [-0.1, -0.05) is 13.8 Å². The first-order chi connectivity index (χ1) is 6.19. The maximum absolute atomic E-state index is 9.68. The summed E-state index contributed by atoms with van der Waals surface area (Å²) in [6.07, 6.45) is 0.894. The molecule has 1 N–H and O–H groups in total. The Balaban J connectivity index is 3.06. The summed E-state index contributed by atoms with van der Waals surface area (Å²) in [6.45, 7) is 6.15. The van der Waals surface area contributed by atoms with E-state index in [2.05, 4.69) is 19.9 Å². The van der Waals surface area contributed by atoms with Gasteiger partial charge >= 0.3 is 0 Å². The predicted molar refractivity (Wildman–Crippen MR) is 58.6 cm³/mol. The third kappa shape index (κ3) is 2.41. The second kappa shape index (κ2) is 4.56. The van der Waals surface area contributed by atoms with E-state index >= 15 is 0 Å². The van der Waals surface area contributed by atoms with Crippen molar-refractivity contribution in [3.8, 4) is 5.75 Å². The minimum atomic E-state index is 0.461. The lowest BCUT2D eigenvalue weighted by Crippen LogP contribution is -1.87. The fraction of sp³-hybridized carbons (Fsp3) is 0.455. The molecule has 0 spiro atoms. The van der Waals surface area contributed by atoms with Crippen LogP contribution in [0.3, 0.4) is 0 Å². The number of rotatable bonds is 3. The monoisotopic (exact) mass is 196 g/mol. The molecule has 0 aliphatic heterocycles. The van der Waals surface area contributed by atoms with Gasteiger partial charge in [-0.25, -0.2) is 0 Å². The smallest absolute Gasteiger partial charge is 0.121 e. The van der Waals surface area contributed by atoms with E-state index in [0.29, 0.717) is 5.75 Å². The van der Waals surface area contributed by atoms with Gasteiger partial charge in [-0.15, -0.1) is 11.8 Å². The predicted octanol–water partition coefficient (Wildman–Crippen LogP) is 3.38. The zero-order chi connectivity index (χ0) is 9.84. The summed E-state index contributed by atoms with van der Waals surface area (Å²) in [5, 5.41) is 9.68. The van der Waals surface area contributed by atoms with E-state index in [4.69, 9.17) is 0 Å². The minimum Gasteiger partial charge on any atom is -0.507 e. The van der Waals surface area contributed by atoms with E-state index in [-0.39, 0.29) is 0 Å². The normalized spacial score (nSPS) is 10.4. The Labute approximate surface area is 84.2 Å². The highest BCUT2D eigenvalue weighted by Gasteiger charge is 2.04. The zero-order valence-corrected chi connectivity index (χ0v) is 9.24. The van der Waals surface area contributed by atoms with E-state index in [9.17, 15) is 5.11 Å². The van der Waals surface area contributed by atoms with Crippen LogP contribution in [0.4, 0.5) is 0 Å². The maximum atomic E-state index is 9.68. The molecule has 0 aliphatic rings. The van der Waals surface area contributed by atoms with Crippen LogP contribution in [0.5, 0.6) is 5.75 Å². The third-order valence-corrected chi connectivity index (χ3v) is 2.90. The molecule has 0 aliphatic carbocycles. The largest absolute Gasteiger partial charge is 0.507 e. The topological polar surface area (TPSA) is 20.2 Å². The summed E-state index contributed by atoms with van der Waals surface area (Å²) in [6, 6.07) is 4.12. The fourth-order valence-corrected chi connectivity index (χ4v) is 2.16. The molecule has 0 bridgehead atoms. The summed E-state index contributed by atoms with van der Waals surface area (Å²) in [7, 11) is 0. The van der Waals surface area contributed by atoms with Crippen molar-refractivity contribution in [1.82, 2.24) is 0 Å². The molecule has 1 aromatic rings. The highest BCUT2D eigenvalue weighted by molar-refractivity contribution is 7.99. The number of thioether (sulfide) groups is 1. The van der Waals surface area contributed by atoms with Crippen molar-refractivity contribution in [2.24, 2.45) is 0 Å². The summed E-state index contributed by atoms with van der Waals surface area (Å²) in [5.41, 5.74) is 2.03. The first-order valence-electron chi connectivity index (χ1n) is 4.64. The second-order valence-corrected chi connectivity index (χ2v) is 4.37. The first-order valence-corrected chi connectivity index (χ1v) is 5.62. The molecule has 0 amide bonds. The summed E-state index contributed by atoms with van der Waals surface area (Å²) < 4.78 is 0. The van der Waals surface area contributed by atoms with Crippen molar-refractivity contribution in [3.05, 3.63) is 23.3 Å². The molecule has 0 saturated heterocycles. The molecule has 0 saturated carbocycles. The Kier molecular flexibility index (Phi) is 3.67. The lowest BCUT2D eigenvalue weighted by molar-refractivity contribution is 0.464. The van der Waals surface area contributed by atoms with Crippen molar-refractivity contribution in [2.75, 3.05) is 5.75 Å². The van der Waals surface area contributed by atoms with E-state index in [1.54, 1.807) is 0 Å². The SMILES string of the molecule is CCSc1cc(C)c(O)c(CC)c1. The molecule has 1 aromatic carbocycles. The average Bonchev–Trinajstić information content (AvgIpc) is 2.11. The van der Waals surface area contributed by atoms with Crippen LogP contribution < -0.4 is 0 Å². The number of phenolic OH excluding ortho intramolecular Hbond substituents is 1. The van der Waals surface area contributed by atoms with E-state index < -0.39 is 0 Å². The summed E-state index contributed by atoms with van der Waals surface area (Å²) in [5.74, 6) is 1.54. The van der Waals surface area contributed by atoms with Gasteiger partial charge in [-0.05, 0) is 42.4 Å². The number of benzene rings is 1. The van der Waals surface area contributed by atoms with E-state index in [0.717, 1.165) is 23.3 Å². The van der Waals surface area contributed by atoms with Gasteiger partial charge in [0, 0.05) is 4.90 Å². The minimum absolute atomic E-state index is 0.461. The van der Waals surface area contributed by atoms with Gasteiger partial charge in [-0.2, -0.15) is 0 Å². The van der Waals surface area contributed by atoms with Crippen molar-refractivity contribution in [2.45, 2.75) is 32.1 Å². The second-order valence-electron chi connectivity index (χ2n) is 3.03. The molecule has 0 atom stereocenters. The number of hydrogen-bond donors (Lipinski definition) is 1. The van der Waals surface area contributed by atoms with Crippen LogP contribution in [-0.4, -0.2) is 10.9 Å². The van der Waals surface area contributed by atoms with Crippen LogP contribution in [-0.2, 0) is 6.42 Å². The molecule has 0 fully saturated rings. The van der Waals surface area contributed by atoms with E-state index in [1.807, 2.05) is 24.8 Å². The maximum Gasteiger partial charge on any atom is 0.121 e. The number of hydrogen-bond acceptors (Lipinski definition) is 2. The molecule has 1 nitrogen and oxygen atoms in total. The molecule has 2 heteroatoms. The molecular formula is C11H16OS. The lowest BCUT2D eigenvalue weighted by atomic mass is 10.1. The van der Waals surface area contributed by atoms with Gasteiger partial charge in [0.15, 0.2) is 0 Å². The van der Waals surface area contributed by atoms with Crippen molar-refractivity contribution in [1.29, 1.82) is 0 Å². The van der Waals surface area contributed by atoms with E-state index in [1.165, 1.54) is 4.90 Å².